The second-order valence-corrected chi connectivity index (χ2v) is 3.77. The highest BCUT2D eigenvalue weighted by atomic mass is 35.5. The molecule has 0 fully saturated rings. The Morgan fingerprint density at radius 2 is 2.12 bits per heavy atom. The van der Waals surface area contributed by atoms with E-state index in [0.29, 0.717) is 0 Å². The number of benzene rings is 1. The molecule has 0 unspecified atom stereocenters. The third kappa shape index (κ3) is 2.59. The minimum Gasteiger partial charge on any atom is -0.462 e. The van der Waals surface area contributed by atoms with E-state index in [2.05, 4.69) is 4.74 Å². The first-order chi connectivity index (χ1) is 7.90. The number of hydrogen-bond donors (Lipinski definition) is 1. The fourth-order valence-electron chi connectivity index (χ4n) is 1.21. The number of esters is 1. The molecule has 17 heavy (non-hydrogen) atoms. The molecule has 0 amide bonds. The number of nitro groups is 1. The van der Waals surface area contributed by atoms with Crippen LogP contribution in [0.25, 0.3) is 0 Å². The van der Waals surface area contributed by atoms with Crippen LogP contribution in [0.2, 0.25) is 10.0 Å². The molecule has 1 rings (SSSR count). The van der Waals surface area contributed by atoms with Crippen molar-refractivity contribution in [3.63, 3.8) is 0 Å². The van der Waals surface area contributed by atoms with E-state index < -0.39 is 16.6 Å². The van der Waals surface area contributed by atoms with Crippen LogP contribution in [0.4, 0.5) is 11.4 Å². The van der Waals surface area contributed by atoms with Crippen molar-refractivity contribution in [3.05, 3.63) is 31.8 Å². The predicted octanol–water partition coefficient (Wildman–Crippen LogP) is 2.66. The first-order valence-electron chi connectivity index (χ1n) is 4.49. The number of carbonyl (C=O) groups excluding carboxylic acids is 1. The third-order valence-electron chi connectivity index (χ3n) is 1.90. The Bertz CT molecular complexity index is 490. The molecule has 0 aromatic heterocycles. The zero-order chi connectivity index (χ0) is 13.2. The van der Waals surface area contributed by atoms with Crippen LogP contribution in [0.1, 0.15) is 17.3 Å². The van der Waals surface area contributed by atoms with E-state index in [1.54, 1.807) is 6.92 Å². The van der Waals surface area contributed by atoms with Crippen molar-refractivity contribution in [2.24, 2.45) is 0 Å². The normalized spacial score (nSPS) is 10.1. The molecule has 6 nitrogen and oxygen atoms in total. The largest absolute Gasteiger partial charge is 0.462 e. The molecule has 0 radical (unpaired) electrons. The molecule has 0 heterocycles. The average Bonchev–Trinajstić information content (AvgIpc) is 2.22. The van der Waals surface area contributed by atoms with Crippen LogP contribution >= 0.6 is 23.2 Å². The van der Waals surface area contributed by atoms with E-state index >= 15 is 0 Å². The Morgan fingerprint density at radius 1 is 1.53 bits per heavy atom. The Hall–Kier alpha value is -1.53. The van der Waals surface area contributed by atoms with Crippen LogP contribution in [0.5, 0.6) is 0 Å². The number of nitrogens with two attached hydrogens (primary N) is 1. The number of nitrogens with zero attached hydrogens (tertiary/aromatic N) is 1. The lowest BCUT2D eigenvalue weighted by molar-refractivity contribution is -0.384. The van der Waals surface area contributed by atoms with E-state index in [1.807, 2.05) is 0 Å². The Kier molecular flexibility index (Phi) is 4.14. The van der Waals surface area contributed by atoms with Crippen molar-refractivity contribution in [3.8, 4) is 0 Å². The lowest BCUT2D eigenvalue weighted by atomic mass is 10.1. The zero-order valence-corrected chi connectivity index (χ0v) is 10.2. The van der Waals surface area contributed by atoms with Gasteiger partial charge in [-0.1, -0.05) is 23.2 Å². The van der Waals surface area contributed by atoms with Crippen LogP contribution in [0, 0.1) is 10.1 Å². The number of nitrogen functional groups attached to an aromatic ring is 1. The minimum atomic E-state index is -0.910. The molecule has 8 heteroatoms. The highest BCUT2D eigenvalue weighted by Crippen LogP contribution is 2.38. The SMILES string of the molecule is CCOC(=O)c1c(Cl)cc(Cl)c(N)c1[N+](=O)[O-]. The Balaban J connectivity index is 3.52. The van der Waals surface area contributed by atoms with Gasteiger partial charge in [0, 0.05) is 0 Å². The monoisotopic (exact) mass is 278 g/mol. The van der Waals surface area contributed by atoms with Crippen molar-refractivity contribution in [2.75, 3.05) is 12.3 Å². The molecular weight excluding hydrogens is 271 g/mol. The molecule has 0 aliphatic carbocycles. The van der Waals surface area contributed by atoms with Gasteiger partial charge in [-0.05, 0) is 13.0 Å². The quantitative estimate of drug-likeness (QED) is 0.397. The molecule has 0 bridgehead atoms. The number of rotatable bonds is 3. The van der Waals surface area contributed by atoms with Crippen molar-refractivity contribution >= 4 is 40.5 Å². The highest BCUT2D eigenvalue weighted by molar-refractivity contribution is 6.39. The van der Waals surface area contributed by atoms with Crippen LogP contribution in [0.3, 0.4) is 0 Å². The van der Waals surface area contributed by atoms with Crippen molar-refractivity contribution in [2.45, 2.75) is 6.92 Å². The second kappa shape index (κ2) is 5.20. The molecule has 2 N–H and O–H groups in total. The van der Waals surface area contributed by atoms with Crippen LogP contribution < -0.4 is 5.73 Å². The van der Waals surface area contributed by atoms with E-state index in [4.69, 9.17) is 28.9 Å². The predicted molar refractivity (Wildman–Crippen MR) is 63.5 cm³/mol. The maximum absolute atomic E-state index is 11.5. The van der Waals surface area contributed by atoms with Gasteiger partial charge in [-0.15, -0.1) is 0 Å². The van der Waals surface area contributed by atoms with Gasteiger partial charge in [0.05, 0.1) is 21.6 Å². The summed E-state index contributed by atoms with van der Waals surface area (Å²) < 4.78 is 4.67. The first-order valence-corrected chi connectivity index (χ1v) is 5.24. The van der Waals surface area contributed by atoms with Crippen molar-refractivity contribution in [1.29, 1.82) is 0 Å². The number of ether oxygens (including phenoxy) is 1. The lowest BCUT2D eigenvalue weighted by Gasteiger charge is -2.08. The summed E-state index contributed by atoms with van der Waals surface area (Å²) in [4.78, 5) is 21.6. The summed E-state index contributed by atoms with van der Waals surface area (Å²) in [5.74, 6) is -0.910. The zero-order valence-electron chi connectivity index (χ0n) is 8.70. The molecule has 0 aliphatic heterocycles. The Labute approximate surface area is 106 Å². The summed E-state index contributed by atoms with van der Waals surface area (Å²) in [7, 11) is 0. The van der Waals surface area contributed by atoms with Crippen LogP contribution in [-0.2, 0) is 4.74 Å². The van der Waals surface area contributed by atoms with E-state index in [-0.39, 0.29) is 27.9 Å². The van der Waals surface area contributed by atoms with E-state index in [0.717, 1.165) is 6.07 Å². The van der Waals surface area contributed by atoms with Gasteiger partial charge < -0.3 is 10.5 Å². The number of hydrogen-bond acceptors (Lipinski definition) is 5. The highest BCUT2D eigenvalue weighted by Gasteiger charge is 2.29. The van der Waals surface area contributed by atoms with E-state index in [1.165, 1.54) is 0 Å². The maximum Gasteiger partial charge on any atom is 0.346 e. The maximum atomic E-state index is 11.5. The smallest absolute Gasteiger partial charge is 0.346 e. The molecule has 0 spiro atoms. The summed E-state index contributed by atoms with van der Waals surface area (Å²) in [5.41, 5.74) is 4.11. The summed E-state index contributed by atoms with van der Waals surface area (Å²) >= 11 is 11.4. The van der Waals surface area contributed by atoms with Crippen LogP contribution in [-0.4, -0.2) is 17.5 Å². The van der Waals surface area contributed by atoms with Crippen molar-refractivity contribution in [1.82, 2.24) is 0 Å². The standard InChI is InChI=1S/C9H8Cl2N2O4/c1-2-17-9(14)6-4(10)3-5(11)7(12)8(6)13(15)16/h3H,2,12H2,1H3. The Morgan fingerprint density at radius 3 is 2.59 bits per heavy atom. The molecule has 92 valence electrons. The molecule has 1 aromatic rings. The average molecular weight is 279 g/mol. The van der Waals surface area contributed by atoms with Gasteiger partial charge in [-0.25, -0.2) is 4.79 Å². The summed E-state index contributed by atoms with van der Waals surface area (Å²) in [5, 5.41) is 10.6. The van der Waals surface area contributed by atoms with Gasteiger partial charge in [-0.2, -0.15) is 0 Å². The fraction of sp³-hybridized carbons (Fsp3) is 0.222. The summed E-state index contributed by atoms with van der Waals surface area (Å²) in [6, 6.07) is 1.16. The molecule has 0 aliphatic rings. The molecular formula is C9H8Cl2N2O4. The van der Waals surface area contributed by atoms with Gasteiger partial charge in [-0.3, -0.25) is 10.1 Å². The fourth-order valence-corrected chi connectivity index (χ4v) is 1.74. The second-order valence-electron chi connectivity index (χ2n) is 2.96. The number of anilines is 1. The third-order valence-corrected chi connectivity index (χ3v) is 2.51. The van der Waals surface area contributed by atoms with Gasteiger partial charge in [0.25, 0.3) is 0 Å². The molecule has 0 saturated heterocycles. The van der Waals surface area contributed by atoms with Gasteiger partial charge in [0.1, 0.15) is 5.69 Å². The molecule has 0 saturated carbocycles. The topological polar surface area (TPSA) is 95.5 Å². The van der Waals surface area contributed by atoms with Crippen molar-refractivity contribution < 1.29 is 14.5 Å². The van der Waals surface area contributed by atoms with Gasteiger partial charge >= 0.3 is 11.7 Å². The van der Waals surface area contributed by atoms with E-state index in [9.17, 15) is 14.9 Å². The molecule has 1 aromatic carbocycles. The number of nitro benzene ring substituents is 1. The van der Waals surface area contributed by atoms with Crippen LogP contribution in [0.15, 0.2) is 6.07 Å². The van der Waals surface area contributed by atoms with Gasteiger partial charge in [0.2, 0.25) is 0 Å². The first kappa shape index (κ1) is 13.5. The number of halogens is 2. The lowest BCUT2D eigenvalue weighted by Crippen LogP contribution is -2.11. The van der Waals surface area contributed by atoms with Gasteiger partial charge in [0.15, 0.2) is 5.56 Å². The summed E-state index contributed by atoms with van der Waals surface area (Å²) in [6.07, 6.45) is 0. The number of carbonyl (C=O) groups is 1. The summed E-state index contributed by atoms with van der Waals surface area (Å²) in [6.45, 7) is 1.63. The molecule has 0 atom stereocenters. The minimum absolute atomic E-state index is 0.0643.